The summed E-state index contributed by atoms with van der Waals surface area (Å²) in [6.45, 7) is 4.92. The minimum absolute atomic E-state index is 0.0772. The normalized spacial score (nSPS) is 17.3. The topological polar surface area (TPSA) is 35.2 Å². The first-order valence-electron chi connectivity index (χ1n) is 5.22. The van der Waals surface area contributed by atoms with E-state index in [2.05, 4.69) is 41.9 Å². The van der Waals surface area contributed by atoms with Crippen molar-refractivity contribution in [3.63, 3.8) is 0 Å². The molecule has 1 aromatic carbocycles. The Labute approximate surface area is 98.9 Å². The quantitative estimate of drug-likeness (QED) is 0.896. The molecule has 0 saturated heterocycles. The predicted molar refractivity (Wildman–Crippen MR) is 65.3 cm³/mol. The molecule has 0 radical (unpaired) electrons. The molecule has 1 aliphatic rings. The molecule has 2 nitrogen and oxygen atoms in total. The number of rotatable bonds is 2. The van der Waals surface area contributed by atoms with Gasteiger partial charge in [-0.15, -0.1) is 0 Å². The van der Waals surface area contributed by atoms with Crippen LogP contribution in [-0.4, -0.2) is 12.1 Å². The second kappa shape index (κ2) is 3.80. The van der Waals surface area contributed by atoms with Crippen LogP contribution in [-0.2, 0) is 12.8 Å². The first-order valence-corrected chi connectivity index (χ1v) is 6.01. The summed E-state index contributed by atoms with van der Waals surface area (Å²) < 4.78 is 6.93. The molecule has 1 aromatic rings. The Bertz CT molecular complexity index is 387. The lowest BCUT2D eigenvalue weighted by Gasteiger charge is -2.17. The van der Waals surface area contributed by atoms with Crippen LogP contribution in [0.3, 0.4) is 0 Å². The molecule has 1 aliphatic heterocycles. The van der Waals surface area contributed by atoms with Crippen molar-refractivity contribution < 1.29 is 4.74 Å². The fraction of sp³-hybridized carbons (Fsp3) is 0.500. The predicted octanol–water partition coefficient (Wildman–Crippen LogP) is 2.66. The third-order valence-corrected chi connectivity index (χ3v) is 3.20. The van der Waals surface area contributed by atoms with Crippen molar-refractivity contribution in [2.24, 2.45) is 5.73 Å². The van der Waals surface area contributed by atoms with E-state index < -0.39 is 0 Å². The summed E-state index contributed by atoms with van der Waals surface area (Å²) in [5.41, 5.74) is 8.06. The van der Waals surface area contributed by atoms with E-state index >= 15 is 0 Å². The lowest BCUT2D eigenvalue weighted by Crippen LogP contribution is -2.24. The highest BCUT2D eigenvalue weighted by molar-refractivity contribution is 9.10. The smallest absolute Gasteiger partial charge is 0.137 e. The van der Waals surface area contributed by atoms with Crippen molar-refractivity contribution in [1.29, 1.82) is 0 Å². The highest BCUT2D eigenvalue weighted by Gasteiger charge is 2.31. The molecule has 0 unspecified atom stereocenters. The molecule has 0 atom stereocenters. The van der Waals surface area contributed by atoms with Crippen LogP contribution >= 0.6 is 15.9 Å². The molecule has 0 spiro atoms. The van der Waals surface area contributed by atoms with Crippen LogP contribution in [0.2, 0.25) is 0 Å². The number of hydrogen-bond donors (Lipinski definition) is 1. The van der Waals surface area contributed by atoms with E-state index in [-0.39, 0.29) is 5.60 Å². The molecule has 15 heavy (non-hydrogen) atoms. The number of halogens is 1. The van der Waals surface area contributed by atoms with Crippen molar-refractivity contribution in [1.82, 2.24) is 0 Å². The van der Waals surface area contributed by atoms with Gasteiger partial charge in [0.25, 0.3) is 0 Å². The monoisotopic (exact) mass is 269 g/mol. The molecule has 2 N–H and O–H groups in total. The van der Waals surface area contributed by atoms with Gasteiger partial charge in [-0.3, -0.25) is 0 Å². The minimum Gasteiger partial charge on any atom is -0.486 e. The Hall–Kier alpha value is -0.540. The molecule has 3 heteroatoms. The van der Waals surface area contributed by atoms with Crippen LogP contribution in [0.4, 0.5) is 0 Å². The second-order valence-corrected chi connectivity index (χ2v) is 5.50. The van der Waals surface area contributed by atoms with Crippen molar-refractivity contribution in [3.05, 3.63) is 27.7 Å². The second-order valence-electron chi connectivity index (χ2n) is 4.64. The van der Waals surface area contributed by atoms with Crippen LogP contribution < -0.4 is 10.5 Å². The van der Waals surface area contributed by atoms with Gasteiger partial charge in [-0.05, 0) is 59.9 Å². The molecule has 0 aliphatic carbocycles. The Balaban J connectivity index is 2.38. The van der Waals surface area contributed by atoms with E-state index in [0.29, 0.717) is 6.54 Å². The molecular formula is C12H16BrNO. The zero-order valence-electron chi connectivity index (χ0n) is 9.14. The van der Waals surface area contributed by atoms with E-state index in [1.807, 2.05) is 0 Å². The van der Waals surface area contributed by atoms with Gasteiger partial charge in [-0.25, -0.2) is 0 Å². The number of hydrogen-bond acceptors (Lipinski definition) is 2. The highest BCUT2D eigenvalue weighted by Crippen LogP contribution is 2.41. The standard InChI is InChI=1S/C12H16BrNO/c1-12(2)7-9-5-8(3-4-14)6-10(13)11(9)15-12/h5-6H,3-4,7,14H2,1-2H3. The first-order chi connectivity index (χ1) is 7.02. The van der Waals surface area contributed by atoms with Crippen LogP contribution in [0, 0.1) is 0 Å². The number of nitrogens with two attached hydrogens (primary N) is 1. The first kappa shape index (κ1) is 11.0. The molecule has 0 amide bonds. The maximum Gasteiger partial charge on any atom is 0.137 e. The number of ether oxygens (including phenoxy) is 1. The van der Waals surface area contributed by atoms with Crippen LogP contribution in [0.5, 0.6) is 5.75 Å². The molecule has 0 bridgehead atoms. The number of benzene rings is 1. The molecule has 2 rings (SSSR count). The molecular weight excluding hydrogens is 254 g/mol. The third-order valence-electron chi connectivity index (χ3n) is 2.61. The van der Waals surface area contributed by atoms with Gasteiger partial charge in [0, 0.05) is 6.42 Å². The van der Waals surface area contributed by atoms with Gasteiger partial charge in [0.15, 0.2) is 0 Å². The lowest BCUT2D eigenvalue weighted by atomic mass is 9.99. The van der Waals surface area contributed by atoms with Gasteiger partial charge < -0.3 is 10.5 Å². The van der Waals surface area contributed by atoms with Gasteiger partial charge in [0.05, 0.1) is 4.47 Å². The maximum atomic E-state index is 5.88. The average Bonchev–Trinajstić information content (AvgIpc) is 2.41. The van der Waals surface area contributed by atoms with Crippen LogP contribution in [0.15, 0.2) is 16.6 Å². The summed E-state index contributed by atoms with van der Waals surface area (Å²) in [7, 11) is 0. The summed E-state index contributed by atoms with van der Waals surface area (Å²) in [6.07, 6.45) is 1.89. The van der Waals surface area contributed by atoms with Crippen molar-refractivity contribution in [3.8, 4) is 5.75 Å². The largest absolute Gasteiger partial charge is 0.486 e. The average molecular weight is 270 g/mol. The Kier molecular flexibility index (Phi) is 2.77. The zero-order chi connectivity index (χ0) is 11.1. The van der Waals surface area contributed by atoms with Crippen LogP contribution in [0.25, 0.3) is 0 Å². The molecule has 0 aromatic heterocycles. The molecule has 82 valence electrons. The van der Waals surface area contributed by atoms with E-state index in [1.165, 1.54) is 11.1 Å². The summed E-state index contributed by atoms with van der Waals surface area (Å²) >= 11 is 3.55. The fourth-order valence-electron chi connectivity index (χ4n) is 2.04. The van der Waals surface area contributed by atoms with Crippen molar-refractivity contribution in [2.45, 2.75) is 32.3 Å². The summed E-state index contributed by atoms with van der Waals surface area (Å²) in [5, 5.41) is 0. The minimum atomic E-state index is -0.0772. The van der Waals surface area contributed by atoms with Gasteiger partial charge >= 0.3 is 0 Å². The summed E-state index contributed by atoms with van der Waals surface area (Å²) in [4.78, 5) is 0. The highest BCUT2D eigenvalue weighted by atomic mass is 79.9. The zero-order valence-corrected chi connectivity index (χ0v) is 10.7. The van der Waals surface area contributed by atoms with Gasteiger partial charge in [0.2, 0.25) is 0 Å². The van der Waals surface area contributed by atoms with Gasteiger partial charge in [-0.2, -0.15) is 0 Å². The summed E-state index contributed by atoms with van der Waals surface area (Å²) in [6, 6.07) is 4.31. The molecule has 1 heterocycles. The maximum absolute atomic E-state index is 5.88. The van der Waals surface area contributed by atoms with Crippen molar-refractivity contribution >= 4 is 15.9 Å². The van der Waals surface area contributed by atoms with Gasteiger partial charge in [0.1, 0.15) is 11.4 Å². The van der Waals surface area contributed by atoms with Gasteiger partial charge in [-0.1, -0.05) is 6.07 Å². The SMILES string of the molecule is CC1(C)Cc2cc(CCN)cc(Br)c2O1. The van der Waals surface area contributed by atoms with E-state index in [9.17, 15) is 0 Å². The third kappa shape index (κ3) is 2.18. The van der Waals surface area contributed by atoms with E-state index in [1.54, 1.807) is 0 Å². The fourth-order valence-corrected chi connectivity index (χ4v) is 2.67. The molecule has 0 fully saturated rings. The Morgan fingerprint density at radius 1 is 1.47 bits per heavy atom. The van der Waals surface area contributed by atoms with Crippen LogP contribution in [0.1, 0.15) is 25.0 Å². The van der Waals surface area contributed by atoms with E-state index in [0.717, 1.165) is 23.1 Å². The summed E-state index contributed by atoms with van der Waals surface area (Å²) in [5.74, 6) is 1.00. The Morgan fingerprint density at radius 3 is 2.87 bits per heavy atom. The molecule has 0 saturated carbocycles. The van der Waals surface area contributed by atoms with Crippen molar-refractivity contribution in [2.75, 3.05) is 6.54 Å². The lowest BCUT2D eigenvalue weighted by molar-refractivity contribution is 0.137. The number of fused-ring (bicyclic) bond motifs is 1. The Morgan fingerprint density at radius 2 is 2.20 bits per heavy atom. The van der Waals surface area contributed by atoms with E-state index in [4.69, 9.17) is 10.5 Å².